The van der Waals surface area contributed by atoms with Crippen LogP contribution in [0.4, 0.5) is 18.9 Å². The van der Waals surface area contributed by atoms with Crippen molar-refractivity contribution in [1.82, 2.24) is 9.97 Å². The van der Waals surface area contributed by atoms with Gasteiger partial charge in [0.2, 0.25) is 0 Å². The molecule has 2 N–H and O–H groups in total. The number of halogens is 3. The number of carboxylic acid groups (broad SMARTS) is 1. The summed E-state index contributed by atoms with van der Waals surface area (Å²) in [6.45, 7) is 3.91. The van der Waals surface area contributed by atoms with Crippen LogP contribution in [0, 0.1) is 0 Å². The molecule has 0 fully saturated rings. The fourth-order valence-corrected chi connectivity index (χ4v) is 1.64. The fourth-order valence-electron chi connectivity index (χ4n) is 1.64. The minimum absolute atomic E-state index is 0.0101. The highest BCUT2D eigenvalue weighted by atomic mass is 19.4. The molecule has 1 heterocycles. The number of hydrogen-bond donors (Lipinski definition) is 2. The van der Waals surface area contributed by atoms with E-state index >= 15 is 0 Å². The highest BCUT2D eigenvalue weighted by Crippen LogP contribution is 2.22. The summed E-state index contributed by atoms with van der Waals surface area (Å²) in [6, 6.07) is 0. The Balaban J connectivity index is 2.60. The van der Waals surface area contributed by atoms with Gasteiger partial charge in [-0.05, 0) is 12.8 Å². The molecule has 8 heteroatoms. The third kappa shape index (κ3) is 5.97. The second kappa shape index (κ2) is 7.24. The van der Waals surface area contributed by atoms with Gasteiger partial charge in [-0.2, -0.15) is 13.2 Å². The van der Waals surface area contributed by atoms with Crippen LogP contribution in [0.1, 0.15) is 55.3 Å². The molecule has 21 heavy (non-hydrogen) atoms. The van der Waals surface area contributed by atoms with E-state index < -0.39 is 18.6 Å². The quantitative estimate of drug-likeness (QED) is 0.755. The number of carboxylic acids is 1. The first-order chi connectivity index (χ1) is 9.70. The summed E-state index contributed by atoms with van der Waals surface area (Å²) >= 11 is 0. The molecular formula is C13H18F3N3O2. The lowest BCUT2D eigenvalue weighted by molar-refractivity contribution is -0.135. The summed E-state index contributed by atoms with van der Waals surface area (Å²) in [5.41, 5.74) is 0.0587. The van der Waals surface area contributed by atoms with Crippen molar-refractivity contribution in [1.29, 1.82) is 0 Å². The number of aromatic nitrogens is 2. The van der Waals surface area contributed by atoms with E-state index in [1.54, 1.807) is 0 Å². The van der Waals surface area contributed by atoms with E-state index in [1.165, 1.54) is 6.20 Å². The van der Waals surface area contributed by atoms with E-state index in [4.69, 9.17) is 5.11 Å². The third-order valence-corrected chi connectivity index (χ3v) is 2.73. The lowest BCUT2D eigenvalue weighted by atomic mass is 10.2. The molecule has 0 spiro atoms. The molecule has 0 aliphatic carbocycles. The van der Waals surface area contributed by atoms with E-state index in [9.17, 15) is 18.0 Å². The molecule has 5 nitrogen and oxygen atoms in total. The number of alkyl halides is 3. The number of nitrogens with zero attached hydrogens (tertiary/aromatic N) is 2. The number of aromatic carboxylic acids is 1. The first-order valence-corrected chi connectivity index (χ1v) is 6.61. The van der Waals surface area contributed by atoms with Crippen molar-refractivity contribution >= 4 is 11.7 Å². The highest BCUT2D eigenvalue weighted by Gasteiger charge is 2.25. The zero-order valence-corrected chi connectivity index (χ0v) is 11.9. The Bertz CT molecular complexity index is 490. The summed E-state index contributed by atoms with van der Waals surface area (Å²) < 4.78 is 35.9. The van der Waals surface area contributed by atoms with Crippen LogP contribution in [0.3, 0.4) is 0 Å². The number of nitrogens with one attached hydrogen (secondary N) is 1. The summed E-state index contributed by atoms with van der Waals surface area (Å²) in [5, 5.41) is 11.9. The van der Waals surface area contributed by atoms with Crippen molar-refractivity contribution in [3.05, 3.63) is 17.7 Å². The average molecular weight is 305 g/mol. The number of hydrogen-bond acceptors (Lipinski definition) is 4. The van der Waals surface area contributed by atoms with Gasteiger partial charge >= 0.3 is 12.1 Å². The van der Waals surface area contributed by atoms with Crippen LogP contribution in [0.25, 0.3) is 0 Å². The molecule has 0 saturated heterocycles. The standard InChI is InChI=1S/C13H18F3N3O2/c1-8(2)11-18-7-9(10(19-11)12(20)21)17-6-4-3-5-13(14,15)16/h7-8,17H,3-6H2,1-2H3,(H,20,21). The molecule has 1 aromatic heterocycles. The maximum Gasteiger partial charge on any atom is 0.389 e. The van der Waals surface area contributed by atoms with Crippen molar-refractivity contribution in [3.63, 3.8) is 0 Å². The van der Waals surface area contributed by atoms with Crippen LogP contribution in [0.15, 0.2) is 6.20 Å². The highest BCUT2D eigenvalue weighted by molar-refractivity contribution is 5.91. The second-order valence-electron chi connectivity index (χ2n) is 4.95. The van der Waals surface area contributed by atoms with Crippen molar-refractivity contribution < 1.29 is 23.1 Å². The van der Waals surface area contributed by atoms with Crippen LogP contribution in [0.2, 0.25) is 0 Å². The molecule has 1 aromatic rings. The summed E-state index contributed by atoms with van der Waals surface area (Å²) in [6.07, 6.45) is -3.37. The van der Waals surface area contributed by atoms with Crippen LogP contribution in [-0.4, -0.2) is 33.8 Å². The van der Waals surface area contributed by atoms with Gasteiger partial charge in [-0.1, -0.05) is 13.8 Å². The molecule has 0 aliphatic heterocycles. The van der Waals surface area contributed by atoms with Gasteiger partial charge in [0.15, 0.2) is 5.69 Å². The van der Waals surface area contributed by atoms with E-state index in [0.717, 1.165) is 0 Å². The van der Waals surface area contributed by atoms with E-state index in [2.05, 4.69) is 15.3 Å². The largest absolute Gasteiger partial charge is 0.476 e. The lowest BCUT2D eigenvalue weighted by Crippen LogP contribution is -2.13. The predicted molar refractivity (Wildman–Crippen MR) is 71.5 cm³/mol. The monoisotopic (exact) mass is 305 g/mol. The second-order valence-corrected chi connectivity index (χ2v) is 4.95. The van der Waals surface area contributed by atoms with Gasteiger partial charge in [-0.3, -0.25) is 0 Å². The van der Waals surface area contributed by atoms with Crippen molar-refractivity contribution in [2.24, 2.45) is 0 Å². The van der Waals surface area contributed by atoms with Crippen molar-refractivity contribution in [2.75, 3.05) is 11.9 Å². The SMILES string of the molecule is CC(C)c1ncc(NCCCCC(F)(F)F)c(C(=O)O)n1. The van der Waals surface area contributed by atoms with Crippen LogP contribution in [-0.2, 0) is 0 Å². The van der Waals surface area contributed by atoms with Crippen molar-refractivity contribution in [2.45, 2.75) is 45.2 Å². The summed E-state index contributed by atoms with van der Waals surface area (Å²) in [5.74, 6) is -0.795. The van der Waals surface area contributed by atoms with Gasteiger partial charge < -0.3 is 10.4 Å². The first-order valence-electron chi connectivity index (χ1n) is 6.61. The molecule has 0 aliphatic rings. The molecule has 0 atom stereocenters. The molecule has 0 unspecified atom stereocenters. The fraction of sp³-hybridized carbons (Fsp3) is 0.615. The van der Waals surface area contributed by atoms with E-state index in [-0.39, 0.29) is 36.7 Å². The molecule has 0 aromatic carbocycles. The lowest BCUT2D eigenvalue weighted by Gasteiger charge is -2.11. The van der Waals surface area contributed by atoms with Gasteiger partial charge in [0, 0.05) is 18.9 Å². The minimum Gasteiger partial charge on any atom is -0.476 e. The Morgan fingerprint density at radius 1 is 1.38 bits per heavy atom. The maximum absolute atomic E-state index is 12.0. The number of anilines is 1. The van der Waals surface area contributed by atoms with E-state index in [0.29, 0.717) is 5.82 Å². The first kappa shape index (κ1) is 17.2. The van der Waals surface area contributed by atoms with Crippen LogP contribution in [0.5, 0.6) is 0 Å². The molecule has 0 amide bonds. The summed E-state index contributed by atoms with van der Waals surface area (Å²) in [4.78, 5) is 19.1. The Hall–Kier alpha value is -1.86. The Labute approximate surface area is 120 Å². The predicted octanol–water partition coefficient (Wildman–Crippen LogP) is 3.44. The normalized spacial score (nSPS) is 11.7. The maximum atomic E-state index is 12.0. The minimum atomic E-state index is -4.16. The van der Waals surface area contributed by atoms with Gasteiger partial charge in [0.05, 0.1) is 11.9 Å². The topological polar surface area (TPSA) is 75.1 Å². The van der Waals surface area contributed by atoms with Crippen molar-refractivity contribution in [3.8, 4) is 0 Å². The third-order valence-electron chi connectivity index (χ3n) is 2.73. The molecule has 0 radical (unpaired) electrons. The van der Waals surface area contributed by atoms with Crippen LogP contribution >= 0.6 is 0 Å². The van der Waals surface area contributed by atoms with Gasteiger partial charge in [0.25, 0.3) is 0 Å². The number of carbonyl (C=O) groups is 1. The van der Waals surface area contributed by atoms with Gasteiger partial charge in [-0.25, -0.2) is 14.8 Å². The van der Waals surface area contributed by atoms with Gasteiger partial charge in [-0.15, -0.1) is 0 Å². The van der Waals surface area contributed by atoms with Crippen LogP contribution < -0.4 is 5.32 Å². The molecule has 0 bridgehead atoms. The zero-order valence-electron chi connectivity index (χ0n) is 11.9. The molecular weight excluding hydrogens is 287 g/mol. The molecule has 1 rings (SSSR count). The molecule has 0 saturated carbocycles. The van der Waals surface area contributed by atoms with Gasteiger partial charge in [0.1, 0.15) is 5.82 Å². The zero-order chi connectivity index (χ0) is 16.0. The Morgan fingerprint density at radius 2 is 2.05 bits per heavy atom. The average Bonchev–Trinajstić information content (AvgIpc) is 2.36. The van der Waals surface area contributed by atoms with E-state index in [1.807, 2.05) is 13.8 Å². The smallest absolute Gasteiger partial charge is 0.389 e. The number of unbranched alkanes of at least 4 members (excludes halogenated alkanes) is 1. The molecule has 118 valence electrons. The number of rotatable bonds is 7. The Kier molecular flexibility index (Phi) is 5.92. The Morgan fingerprint density at radius 3 is 2.57 bits per heavy atom. The summed E-state index contributed by atoms with van der Waals surface area (Å²) in [7, 11) is 0.